The predicted octanol–water partition coefficient (Wildman–Crippen LogP) is 4.73. The summed E-state index contributed by atoms with van der Waals surface area (Å²) in [6, 6.07) is 3.93. The first-order valence-electron chi connectivity index (χ1n) is 12.6. The van der Waals surface area contributed by atoms with Crippen LogP contribution in [0.2, 0.25) is 5.02 Å². The number of hydrogen-bond acceptors (Lipinski definition) is 5. The van der Waals surface area contributed by atoms with Crippen LogP contribution >= 0.6 is 11.6 Å². The number of halogens is 1. The standard InChI is InChI=1S/C27H36ClN7O2/c1-8-9-23(36)34-13-17(14-34)31-26(37)24-16(4)30-22(35(24)15(2)3)12-29-25-18-10-19(27(5,6)7)20(28)11-21(18)32-33-25/h8-11,15,17H,12-14H2,1-7H3,(H,31,37)(H2,29,32,33)/b9-8+. The Bertz CT molecular complexity index is 1360. The second-order valence-electron chi connectivity index (χ2n) is 10.9. The van der Waals surface area contributed by atoms with Gasteiger partial charge in [0, 0.05) is 29.5 Å². The third-order valence-corrected chi connectivity index (χ3v) is 6.91. The number of nitrogens with zero attached hydrogens (tertiary/aromatic N) is 4. The van der Waals surface area contributed by atoms with Crippen LogP contribution in [0.15, 0.2) is 24.3 Å². The highest BCUT2D eigenvalue weighted by Crippen LogP contribution is 2.34. The molecule has 0 atom stereocenters. The molecule has 2 amide bonds. The van der Waals surface area contributed by atoms with E-state index in [2.05, 4.69) is 47.7 Å². The van der Waals surface area contributed by atoms with Crippen molar-refractivity contribution < 1.29 is 9.59 Å². The van der Waals surface area contributed by atoms with Gasteiger partial charge in [-0.1, -0.05) is 38.4 Å². The highest BCUT2D eigenvalue weighted by atomic mass is 35.5. The van der Waals surface area contributed by atoms with Gasteiger partial charge >= 0.3 is 0 Å². The van der Waals surface area contributed by atoms with Crippen LogP contribution in [0.4, 0.5) is 5.82 Å². The largest absolute Gasteiger partial charge is 0.361 e. The van der Waals surface area contributed by atoms with Crippen molar-refractivity contribution in [3.8, 4) is 0 Å². The van der Waals surface area contributed by atoms with Crippen molar-refractivity contribution in [2.75, 3.05) is 18.4 Å². The molecule has 1 saturated heterocycles. The van der Waals surface area contributed by atoms with Gasteiger partial charge in [0.05, 0.1) is 23.8 Å². The van der Waals surface area contributed by atoms with Gasteiger partial charge in [-0.15, -0.1) is 0 Å². The van der Waals surface area contributed by atoms with Crippen LogP contribution < -0.4 is 10.6 Å². The van der Waals surface area contributed by atoms with Gasteiger partial charge in [-0.05, 0) is 56.9 Å². The molecule has 198 valence electrons. The monoisotopic (exact) mass is 525 g/mol. The van der Waals surface area contributed by atoms with Crippen molar-refractivity contribution in [2.24, 2.45) is 0 Å². The summed E-state index contributed by atoms with van der Waals surface area (Å²) in [6.07, 6.45) is 3.26. The molecule has 3 N–H and O–H groups in total. The minimum atomic E-state index is -0.178. The van der Waals surface area contributed by atoms with Gasteiger partial charge in [-0.2, -0.15) is 5.10 Å². The lowest BCUT2D eigenvalue weighted by molar-refractivity contribution is -0.130. The summed E-state index contributed by atoms with van der Waals surface area (Å²) in [7, 11) is 0. The van der Waals surface area contributed by atoms with Crippen molar-refractivity contribution in [3.63, 3.8) is 0 Å². The lowest BCUT2D eigenvalue weighted by atomic mass is 9.86. The minimum Gasteiger partial charge on any atom is -0.361 e. The zero-order valence-electron chi connectivity index (χ0n) is 22.6. The quantitative estimate of drug-likeness (QED) is 0.386. The summed E-state index contributed by atoms with van der Waals surface area (Å²) in [4.78, 5) is 31.6. The summed E-state index contributed by atoms with van der Waals surface area (Å²) in [5.74, 6) is 1.24. The van der Waals surface area contributed by atoms with Crippen LogP contribution in [0.1, 0.15) is 75.2 Å². The molecule has 2 aromatic heterocycles. The Morgan fingerprint density at radius 2 is 1.97 bits per heavy atom. The molecule has 4 rings (SSSR count). The zero-order valence-corrected chi connectivity index (χ0v) is 23.3. The van der Waals surface area contributed by atoms with E-state index in [0.717, 1.165) is 22.3 Å². The average Bonchev–Trinajstić information content (AvgIpc) is 3.32. The smallest absolute Gasteiger partial charge is 0.270 e. The normalized spacial score (nSPS) is 14.6. The number of amides is 2. The lowest BCUT2D eigenvalue weighted by Gasteiger charge is -2.39. The maximum absolute atomic E-state index is 13.2. The van der Waals surface area contributed by atoms with Crippen LogP contribution in [0.5, 0.6) is 0 Å². The number of rotatable bonds is 7. The van der Waals surface area contributed by atoms with Crippen molar-refractivity contribution in [2.45, 2.75) is 72.5 Å². The molecule has 0 aliphatic carbocycles. The van der Waals surface area contributed by atoms with Crippen molar-refractivity contribution in [1.29, 1.82) is 0 Å². The summed E-state index contributed by atoms with van der Waals surface area (Å²) >= 11 is 6.52. The summed E-state index contributed by atoms with van der Waals surface area (Å²) in [5.41, 5.74) is 3.00. The van der Waals surface area contributed by atoms with E-state index in [9.17, 15) is 9.59 Å². The highest BCUT2D eigenvalue weighted by Gasteiger charge is 2.32. The second kappa shape index (κ2) is 10.2. The fourth-order valence-corrected chi connectivity index (χ4v) is 5.17. The third kappa shape index (κ3) is 5.37. The number of H-pyrrole nitrogens is 1. The number of aryl methyl sites for hydroxylation is 1. The van der Waals surface area contributed by atoms with Crippen LogP contribution in [0.3, 0.4) is 0 Å². The number of carbonyl (C=O) groups excluding carboxylic acids is 2. The van der Waals surface area contributed by atoms with Gasteiger partial charge in [0.15, 0.2) is 5.82 Å². The average molecular weight is 526 g/mol. The lowest BCUT2D eigenvalue weighted by Crippen LogP contribution is -2.60. The molecule has 37 heavy (non-hydrogen) atoms. The van der Waals surface area contributed by atoms with Crippen LogP contribution in [0.25, 0.3) is 10.9 Å². The van der Waals surface area contributed by atoms with Gasteiger partial charge in [0.2, 0.25) is 5.91 Å². The van der Waals surface area contributed by atoms with E-state index in [1.165, 1.54) is 6.08 Å². The Morgan fingerprint density at radius 3 is 2.59 bits per heavy atom. The summed E-state index contributed by atoms with van der Waals surface area (Å²) < 4.78 is 1.96. The topological polar surface area (TPSA) is 108 Å². The molecule has 10 heteroatoms. The van der Waals surface area contributed by atoms with E-state index in [1.807, 2.05) is 38.3 Å². The van der Waals surface area contributed by atoms with Crippen molar-refractivity contribution in [3.05, 3.63) is 52.1 Å². The van der Waals surface area contributed by atoms with E-state index in [4.69, 9.17) is 16.6 Å². The zero-order chi connectivity index (χ0) is 27.1. The number of anilines is 1. The van der Waals surface area contributed by atoms with Gasteiger partial charge in [0.25, 0.3) is 5.91 Å². The number of fused-ring (bicyclic) bond motifs is 1. The van der Waals surface area contributed by atoms with E-state index < -0.39 is 0 Å². The van der Waals surface area contributed by atoms with Crippen LogP contribution in [0, 0.1) is 6.92 Å². The summed E-state index contributed by atoms with van der Waals surface area (Å²) in [6.45, 7) is 15.5. The summed E-state index contributed by atoms with van der Waals surface area (Å²) in [5, 5.41) is 15.6. The Labute approximate surface area is 222 Å². The number of imidazole rings is 1. The molecule has 3 heterocycles. The van der Waals surface area contributed by atoms with Gasteiger partial charge in [-0.25, -0.2) is 4.98 Å². The number of hydrogen-bond donors (Lipinski definition) is 3. The molecule has 0 unspecified atom stereocenters. The first-order valence-corrected chi connectivity index (χ1v) is 13.0. The van der Waals surface area contributed by atoms with Crippen LogP contribution in [-0.2, 0) is 16.8 Å². The number of aromatic amines is 1. The molecule has 0 saturated carbocycles. The van der Waals surface area contributed by atoms with Gasteiger partial charge in [-0.3, -0.25) is 14.7 Å². The number of allylic oxidation sites excluding steroid dienone is 1. The molecule has 1 aromatic carbocycles. The predicted molar refractivity (Wildman–Crippen MR) is 147 cm³/mol. The SMILES string of the molecule is C/C=C/C(=O)N1CC(NC(=O)c2c(C)nc(CNc3n[nH]c4cc(Cl)c(C(C)(C)C)cc34)n2C(C)C)C1. The molecular weight excluding hydrogens is 490 g/mol. The van der Waals surface area contributed by atoms with E-state index in [0.29, 0.717) is 41.9 Å². The maximum atomic E-state index is 13.2. The van der Waals surface area contributed by atoms with E-state index in [-0.39, 0.29) is 29.3 Å². The number of carbonyl (C=O) groups is 2. The minimum absolute atomic E-state index is 0.0233. The molecule has 0 spiro atoms. The molecule has 1 aliphatic rings. The Kier molecular flexibility index (Phi) is 7.37. The van der Waals surface area contributed by atoms with Gasteiger partial charge < -0.3 is 20.1 Å². The fourth-order valence-electron chi connectivity index (χ4n) is 4.72. The Balaban J connectivity index is 1.52. The van der Waals surface area contributed by atoms with Crippen molar-refractivity contribution in [1.82, 2.24) is 30.0 Å². The molecule has 0 bridgehead atoms. The van der Waals surface area contributed by atoms with E-state index >= 15 is 0 Å². The highest BCUT2D eigenvalue weighted by molar-refractivity contribution is 6.32. The fraction of sp³-hybridized carbons (Fsp3) is 0.481. The van der Waals surface area contributed by atoms with Crippen molar-refractivity contribution >= 4 is 40.1 Å². The number of nitrogens with one attached hydrogen (secondary N) is 3. The molecular formula is C27H36ClN7O2. The molecule has 1 fully saturated rings. The molecule has 0 radical (unpaired) electrons. The molecule has 3 aromatic rings. The maximum Gasteiger partial charge on any atom is 0.270 e. The Morgan fingerprint density at radius 1 is 1.27 bits per heavy atom. The third-order valence-electron chi connectivity index (χ3n) is 6.60. The first-order chi connectivity index (χ1) is 17.4. The Hall–Kier alpha value is -3.33. The number of benzene rings is 1. The van der Waals surface area contributed by atoms with Gasteiger partial charge in [0.1, 0.15) is 11.5 Å². The molecule has 9 nitrogen and oxygen atoms in total. The van der Waals surface area contributed by atoms with Crippen LogP contribution in [-0.4, -0.2) is 55.6 Å². The first kappa shape index (κ1) is 26.7. The molecule has 1 aliphatic heterocycles. The van der Waals surface area contributed by atoms with E-state index in [1.54, 1.807) is 11.0 Å². The number of likely N-dealkylation sites (tertiary alicyclic amines) is 1. The number of aromatic nitrogens is 4. The second-order valence-corrected chi connectivity index (χ2v) is 11.3.